The van der Waals surface area contributed by atoms with Crippen molar-refractivity contribution in [2.24, 2.45) is 22.6 Å². The fourth-order valence-corrected chi connectivity index (χ4v) is 4.51. The van der Waals surface area contributed by atoms with Gasteiger partial charge in [0.15, 0.2) is 11.5 Å². The normalized spacial score (nSPS) is 15.6. The average molecular weight is 493 g/mol. The largest absolute Gasteiger partial charge is 0.443 e. The molecule has 1 saturated carbocycles. The van der Waals surface area contributed by atoms with Crippen LogP contribution in [0.3, 0.4) is 0 Å². The lowest BCUT2D eigenvalue weighted by atomic mass is 10.0. The van der Waals surface area contributed by atoms with Crippen molar-refractivity contribution < 1.29 is 19.1 Å². The summed E-state index contributed by atoms with van der Waals surface area (Å²) in [6.45, 7) is 3.57. The number of hydrogen-bond donors (Lipinski definition) is 2. The lowest BCUT2D eigenvalue weighted by Crippen LogP contribution is -2.37. The standard InChI is InChI=1S/C23H29ClN4O4S/c1-14(2)20(25)22(31)32-13-28-9-10-33-23(28)27-21(30)16-7-8-18(17(24)12-16)26-19(29)11-15-5-3-4-6-15/h7-10,12,14-15,20H,3-6,11,13,25H2,1-2H3,(H,26,29)/b27-23-/t20-/m0/s1. The van der Waals surface area contributed by atoms with E-state index in [4.69, 9.17) is 22.1 Å². The number of amides is 2. The van der Waals surface area contributed by atoms with Gasteiger partial charge < -0.3 is 15.8 Å². The SMILES string of the molecule is CC(C)[C@H](N)C(=O)OCn1ccs/c1=N\C(=O)c1ccc(NC(=O)CC2CCCC2)c(Cl)c1. The van der Waals surface area contributed by atoms with E-state index >= 15 is 0 Å². The van der Waals surface area contributed by atoms with E-state index in [9.17, 15) is 14.4 Å². The predicted molar refractivity (Wildman–Crippen MR) is 128 cm³/mol. The first kappa shape index (κ1) is 25.1. The quantitative estimate of drug-likeness (QED) is 0.541. The zero-order valence-corrected chi connectivity index (χ0v) is 20.3. The molecule has 1 aliphatic carbocycles. The molecule has 10 heteroatoms. The molecule has 33 heavy (non-hydrogen) atoms. The van der Waals surface area contributed by atoms with Gasteiger partial charge >= 0.3 is 5.97 Å². The fraction of sp³-hybridized carbons (Fsp3) is 0.478. The molecule has 1 aromatic heterocycles. The summed E-state index contributed by atoms with van der Waals surface area (Å²) >= 11 is 7.54. The summed E-state index contributed by atoms with van der Waals surface area (Å²) in [5.41, 5.74) is 6.55. The molecule has 1 atom stereocenters. The Morgan fingerprint density at radius 2 is 2.03 bits per heavy atom. The molecule has 0 aliphatic heterocycles. The van der Waals surface area contributed by atoms with Gasteiger partial charge in [-0.05, 0) is 42.9 Å². The summed E-state index contributed by atoms with van der Waals surface area (Å²) < 4.78 is 6.78. The van der Waals surface area contributed by atoms with E-state index < -0.39 is 17.9 Å². The van der Waals surface area contributed by atoms with Gasteiger partial charge in [0, 0.05) is 23.6 Å². The number of nitrogens with zero attached hydrogens (tertiary/aromatic N) is 2. The van der Waals surface area contributed by atoms with Gasteiger partial charge in [0.2, 0.25) is 5.91 Å². The smallest absolute Gasteiger partial charge is 0.324 e. The number of carbonyl (C=O) groups is 3. The molecule has 8 nitrogen and oxygen atoms in total. The van der Waals surface area contributed by atoms with Crippen molar-refractivity contribution in [3.8, 4) is 0 Å². The van der Waals surface area contributed by atoms with Crippen molar-refractivity contribution in [1.82, 2.24) is 4.57 Å². The van der Waals surface area contributed by atoms with E-state index in [1.165, 1.54) is 30.2 Å². The fourth-order valence-electron chi connectivity index (χ4n) is 3.57. The summed E-state index contributed by atoms with van der Waals surface area (Å²) in [6.07, 6.45) is 6.68. The van der Waals surface area contributed by atoms with Crippen LogP contribution in [-0.4, -0.2) is 28.4 Å². The van der Waals surface area contributed by atoms with Gasteiger partial charge in [-0.25, -0.2) is 0 Å². The van der Waals surface area contributed by atoms with Gasteiger partial charge in [-0.1, -0.05) is 38.3 Å². The van der Waals surface area contributed by atoms with Crippen molar-refractivity contribution in [2.45, 2.75) is 58.7 Å². The monoisotopic (exact) mass is 492 g/mol. The Labute approximate surface area is 201 Å². The minimum atomic E-state index is -0.717. The van der Waals surface area contributed by atoms with Gasteiger partial charge in [-0.2, -0.15) is 4.99 Å². The highest BCUT2D eigenvalue weighted by molar-refractivity contribution is 7.07. The zero-order chi connectivity index (χ0) is 24.0. The number of benzene rings is 1. The number of nitrogens with two attached hydrogens (primary N) is 1. The predicted octanol–water partition coefficient (Wildman–Crippen LogP) is 3.95. The van der Waals surface area contributed by atoms with Crippen molar-refractivity contribution in [3.63, 3.8) is 0 Å². The first-order valence-electron chi connectivity index (χ1n) is 11.0. The van der Waals surface area contributed by atoms with E-state index in [-0.39, 0.29) is 29.1 Å². The molecule has 2 aromatic rings. The molecular weight excluding hydrogens is 464 g/mol. The van der Waals surface area contributed by atoms with E-state index in [1.807, 2.05) is 13.8 Å². The topological polar surface area (TPSA) is 116 Å². The van der Waals surface area contributed by atoms with Crippen LogP contribution in [0, 0.1) is 11.8 Å². The number of carbonyl (C=O) groups excluding carboxylic acids is 3. The molecule has 1 heterocycles. The minimum absolute atomic E-state index is 0.0454. The van der Waals surface area contributed by atoms with Crippen LogP contribution in [0.4, 0.5) is 5.69 Å². The summed E-state index contributed by atoms with van der Waals surface area (Å²) in [5, 5.41) is 4.83. The Balaban J connectivity index is 1.64. The molecule has 0 spiro atoms. The van der Waals surface area contributed by atoms with Crippen LogP contribution in [-0.2, 0) is 21.1 Å². The van der Waals surface area contributed by atoms with Crippen LogP contribution in [0.1, 0.15) is 56.3 Å². The summed E-state index contributed by atoms with van der Waals surface area (Å²) in [4.78, 5) is 41.4. The average Bonchev–Trinajstić information content (AvgIpc) is 3.44. The molecule has 1 fully saturated rings. The number of aromatic nitrogens is 1. The van der Waals surface area contributed by atoms with Gasteiger partial charge in [-0.3, -0.25) is 19.0 Å². The highest BCUT2D eigenvalue weighted by Crippen LogP contribution is 2.29. The molecule has 2 amide bonds. The highest BCUT2D eigenvalue weighted by atomic mass is 35.5. The van der Waals surface area contributed by atoms with Crippen molar-refractivity contribution in [3.05, 3.63) is 45.2 Å². The van der Waals surface area contributed by atoms with Crippen LogP contribution in [0.2, 0.25) is 5.02 Å². The van der Waals surface area contributed by atoms with Crippen molar-refractivity contribution in [2.75, 3.05) is 5.32 Å². The lowest BCUT2D eigenvalue weighted by molar-refractivity contribution is -0.150. The van der Waals surface area contributed by atoms with Crippen LogP contribution in [0.15, 0.2) is 34.8 Å². The number of ether oxygens (including phenoxy) is 1. The molecule has 0 bridgehead atoms. The van der Waals surface area contributed by atoms with E-state index in [1.54, 1.807) is 28.3 Å². The maximum Gasteiger partial charge on any atom is 0.324 e. The highest BCUT2D eigenvalue weighted by Gasteiger charge is 2.20. The summed E-state index contributed by atoms with van der Waals surface area (Å²) in [6, 6.07) is 3.95. The molecular formula is C23H29ClN4O4S. The van der Waals surface area contributed by atoms with Crippen molar-refractivity contribution >= 4 is 46.4 Å². The molecule has 0 radical (unpaired) electrons. The molecule has 3 N–H and O–H groups in total. The van der Waals surface area contributed by atoms with E-state index in [0.717, 1.165) is 12.8 Å². The zero-order valence-electron chi connectivity index (χ0n) is 18.8. The molecule has 0 saturated heterocycles. The second kappa shape index (κ2) is 11.6. The maximum absolute atomic E-state index is 12.7. The summed E-state index contributed by atoms with van der Waals surface area (Å²) in [5.74, 6) is -0.698. The van der Waals surface area contributed by atoms with Gasteiger partial charge in [-0.15, -0.1) is 11.3 Å². The molecule has 3 rings (SSSR count). The molecule has 0 unspecified atom stereocenters. The Hall–Kier alpha value is -2.49. The van der Waals surface area contributed by atoms with Gasteiger partial charge in [0.05, 0.1) is 10.7 Å². The van der Waals surface area contributed by atoms with Gasteiger partial charge in [0.25, 0.3) is 5.91 Å². The van der Waals surface area contributed by atoms with Crippen LogP contribution in [0.5, 0.6) is 0 Å². The van der Waals surface area contributed by atoms with Gasteiger partial charge in [0.1, 0.15) is 6.04 Å². The second-order valence-corrected chi connectivity index (χ2v) is 9.81. The van der Waals surface area contributed by atoms with Crippen molar-refractivity contribution in [1.29, 1.82) is 0 Å². The third-order valence-electron chi connectivity index (χ3n) is 5.63. The van der Waals surface area contributed by atoms with E-state index in [0.29, 0.717) is 22.8 Å². The maximum atomic E-state index is 12.7. The van der Waals surface area contributed by atoms with Crippen LogP contribution >= 0.6 is 22.9 Å². The van der Waals surface area contributed by atoms with Crippen LogP contribution in [0.25, 0.3) is 0 Å². The number of hydrogen-bond acceptors (Lipinski definition) is 6. The Bertz CT molecular complexity index is 1070. The first-order valence-corrected chi connectivity index (χ1v) is 12.2. The number of anilines is 1. The Morgan fingerprint density at radius 3 is 2.70 bits per heavy atom. The number of rotatable bonds is 8. The number of nitrogens with one attached hydrogen (secondary N) is 1. The lowest BCUT2D eigenvalue weighted by Gasteiger charge is -2.14. The number of esters is 1. The Morgan fingerprint density at radius 1 is 1.30 bits per heavy atom. The van der Waals surface area contributed by atoms with E-state index in [2.05, 4.69) is 10.3 Å². The first-order chi connectivity index (χ1) is 15.7. The minimum Gasteiger partial charge on any atom is -0.443 e. The number of thiazole rings is 1. The third kappa shape index (κ3) is 6.99. The third-order valence-corrected chi connectivity index (χ3v) is 6.74. The summed E-state index contributed by atoms with van der Waals surface area (Å²) in [7, 11) is 0. The number of halogens is 1. The van der Waals surface area contributed by atoms with Crippen LogP contribution < -0.4 is 15.9 Å². The molecule has 178 valence electrons. The second-order valence-electron chi connectivity index (χ2n) is 8.53. The Kier molecular flexibility index (Phi) is 8.82. The molecule has 1 aromatic carbocycles. The molecule has 1 aliphatic rings.